The summed E-state index contributed by atoms with van der Waals surface area (Å²) in [4.78, 5) is 55.9. The first-order valence-electron chi connectivity index (χ1n) is 8.71. The predicted molar refractivity (Wildman–Crippen MR) is 108 cm³/mol. The molecule has 1 aliphatic heterocycles. The third-order valence-corrected chi connectivity index (χ3v) is 7.29. The van der Waals surface area contributed by atoms with Crippen LogP contribution in [0.2, 0.25) is 0 Å². The summed E-state index contributed by atoms with van der Waals surface area (Å²) < 4.78 is 30.2. The first-order chi connectivity index (χ1) is 14.3. The van der Waals surface area contributed by atoms with Gasteiger partial charge < -0.3 is 4.84 Å². The Morgan fingerprint density at radius 2 is 2.00 bits per heavy atom. The second-order valence-electron chi connectivity index (χ2n) is 6.79. The maximum atomic E-state index is 11.9. The normalized spacial score (nSPS) is 17.2. The lowest BCUT2D eigenvalue weighted by Gasteiger charge is -2.16. The molecule has 1 aromatic heterocycles. The van der Waals surface area contributed by atoms with Gasteiger partial charge in [-0.05, 0) is 29.3 Å². The summed E-state index contributed by atoms with van der Waals surface area (Å²) in [7, 11) is 0.551. The summed E-state index contributed by atoms with van der Waals surface area (Å²) in [5, 5.41) is 8.37. The van der Waals surface area contributed by atoms with Crippen molar-refractivity contribution in [2.24, 2.45) is 0 Å². The molecule has 170 valence electrons. The molecule has 0 bridgehead atoms. The van der Waals surface area contributed by atoms with E-state index in [1.54, 1.807) is 6.07 Å². The third kappa shape index (κ3) is 6.98. The van der Waals surface area contributed by atoms with Crippen LogP contribution in [0.15, 0.2) is 23.4 Å². The van der Waals surface area contributed by atoms with Crippen molar-refractivity contribution < 1.29 is 46.8 Å². The average Bonchev–Trinajstić information content (AvgIpc) is 2.95. The molecule has 12 nitrogen and oxygen atoms in total. The summed E-state index contributed by atoms with van der Waals surface area (Å²) in [6, 6.07) is 3.15. The number of hydrogen-bond donors (Lipinski definition) is 2. The van der Waals surface area contributed by atoms with Crippen molar-refractivity contribution in [3.05, 3.63) is 23.9 Å². The van der Waals surface area contributed by atoms with Crippen LogP contribution in [0.1, 0.15) is 29.6 Å². The number of pyridine rings is 1. The van der Waals surface area contributed by atoms with E-state index >= 15 is 0 Å². The molecule has 2 N–H and O–H groups in total. The van der Waals surface area contributed by atoms with Gasteiger partial charge in [-0.25, -0.2) is 19.8 Å². The van der Waals surface area contributed by atoms with Crippen molar-refractivity contribution in [1.82, 2.24) is 10.0 Å². The maximum Gasteiger partial charge on any atom is 0.378 e. The van der Waals surface area contributed by atoms with E-state index in [-0.39, 0.29) is 17.0 Å². The lowest BCUT2D eigenvalue weighted by Crippen LogP contribution is -2.41. The van der Waals surface area contributed by atoms with E-state index in [4.69, 9.17) is 4.55 Å². The van der Waals surface area contributed by atoms with Crippen molar-refractivity contribution >= 4 is 55.4 Å². The fourth-order valence-corrected chi connectivity index (χ4v) is 4.96. The number of hydroxylamine groups is 5. The highest BCUT2D eigenvalue weighted by Gasteiger charge is 2.48. The number of carbonyl (C=O) groups excluding carboxylic acids is 4. The summed E-state index contributed by atoms with van der Waals surface area (Å²) in [6.45, 7) is 0. The number of imide groups is 1. The van der Waals surface area contributed by atoms with Crippen LogP contribution in [0.25, 0.3) is 0 Å². The van der Waals surface area contributed by atoms with Crippen LogP contribution < -0.4 is 0 Å². The standard InChI is InChI=1S/C16H19N3O9S3/c1-19(2,24)16(23)10-5-6-12(17-9-10)30-29-7-3-4-14(21)28-18-13(20)8-11(15(18)22)31(25,26)27/h5-6,9,11,24H,3-4,7-8H2,1-2H3/p+1. The molecule has 1 saturated heterocycles. The topological polar surface area (TPSA) is 168 Å². The van der Waals surface area contributed by atoms with Gasteiger partial charge in [-0.3, -0.25) is 14.1 Å². The largest absolute Gasteiger partial charge is 0.378 e. The number of rotatable bonds is 9. The molecular weight excluding hydrogens is 474 g/mol. The Bertz CT molecular complexity index is 974. The molecular formula is C16H20N3O9S3+. The molecule has 1 aromatic rings. The molecule has 1 aliphatic rings. The molecule has 1 unspecified atom stereocenters. The quantitative estimate of drug-likeness (QED) is 0.0938. The van der Waals surface area contributed by atoms with Gasteiger partial charge in [0.25, 0.3) is 21.9 Å². The molecule has 1 fully saturated rings. The molecule has 15 heteroatoms. The number of amides is 3. The van der Waals surface area contributed by atoms with E-state index in [0.29, 0.717) is 17.2 Å². The first-order valence-corrected chi connectivity index (χ1v) is 12.5. The van der Waals surface area contributed by atoms with E-state index in [2.05, 4.69) is 9.82 Å². The van der Waals surface area contributed by atoms with Gasteiger partial charge in [0.2, 0.25) is 0 Å². The molecule has 3 amide bonds. The Morgan fingerprint density at radius 3 is 2.52 bits per heavy atom. The van der Waals surface area contributed by atoms with Gasteiger partial charge in [-0.15, -0.1) is 9.71 Å². The van der Waals surface area contributed by atoms with Crippen LogP contribution in [0, 0.1) is 0 Å². The van der Waals surface area contributed by atoms with Gasteiger partial charge >= 0.3 is 11.9 Å². The zero-order valence-corrected chi connectivity index (χ0v) is 18.9. The van der Waals surface area contributed by atoms with Crippen molar-refractivity contribution in [2.75, 3.05) is 19.8 Å². The predicted octanol–water partition coefficient (Wildman–Crippen LogP) is 0.681. The Labute approximate surface area is 185 Å². The molecule has 1 atom stereocenters. The van der Waals surface area contributed by atoms with Crippen LogP contribution in [-0.4, -0.2) is 81.7 Å². The van der Waals surface area contributed by atoms with Gasteiger partial charge in [-0.1, -0.05) is 10.8 Å². The molecule has 2 rings (SSSR count). The van der Waals surface area contributed by atoms with Crippen LogP contribution in [0.5, 0.6) is 0 Å². The third-order valence-electron chi connectivity index (χ3n) is 3.85. The van der Waals surface area contributed by atoms with E-state index in [9.17, 15) is 32.8 Å². The molecule has 2 heterocycles. The Balaban J connectivity index is 1.72. The SMILES string of the molecule is C[N+](C)(O)C(=O)c1ccc(SSCCCC(=O)ON2C(=O)CC(S(=O)(=O)O)C2=O)nc1. The Hall–Kier alpha value is -2.04. The number of nitrogens with zero attached hydrogens (tertiary/aromatic N) is 3. The van der Waals surface area contributed by atoms with Crippen LogP contribution in [-0.2, 0) is 29.3 Å². The molecule has 0 aliphatic carbocycles. The van der Waals surface area contributed by atoms with E-state index in [0.717, 1.165) is 0 Å². The minimum Gasteiger partial charge on any atom is -0.330 e. The fourth-order valence-electron chi connectivity index (χ4n) is 2.31. The average molecular weight is 495 g/mol. The number of hydrogen-bond acceptors (Lipinski definition) is 11. The molecule has 0 spiro atoms. The van der Waals surface area contributed by atoms with E-state index < -0.39 is 50.1 Å². The van der Waals surface area contributed by atoms with Crippen LogP contribution in [0.3, 0.4) is 0 Å². The zero-order chi connectivity index (χ0) is 23.4. The number of quaternary nitrogens is 1. The molecule has 0 radical (unpaired) electrons. The summed E-state index contributed by atoms with van der Waals surface area (Å²) in [5.41, 5.74) is 0.256. The molecule has 31 heavy (non-hydrogen) atoms. The van der Waals surface area contributed by atoms with Crippen molar-refractivity contribution in [3.63, 3.8) is 0 Å². The van der Waals surface area contributed by atoms with Crippen molar-refractivity contribution in [3.8, 4) is 0 Å². The monoisotopic (exact) mass is 494 g/mol. The van der Waals surface area contributed by atoms with Gasteiger partial charge in [0.15, 0.2) is 5.25 Å². The van der Waals surface area contributed by atoms with Crippen LogP contribution >= 0.6 is 21.6 Å². The van der Waals surface area contributed by atoms with E-state index in [1.165, 1.54) is 47.9 Å². The van der Waals surface area contributed by atoms with Crippen LogP contribution in [0.4, 0.5) is 0 Å². The van der Waals surface area contributed by atoms with E-state index in [1.807, 2.05) is 0 Å². The highest BCUT2D eigenvalue weighted by molar-refractivity contribution is 8.76. The summed E-state index contributed by atoms with van der Waals surface area (Å²) in [5.74, 6) is -3.25. The van der Waals surface area contributed by atoms with Gasteiger partial charge in [0, 0.05) is 18.4 Å². The fraction of sp³-hybridized carbons (Fsp3) is 0.438. The Kier molecular flexibility index (Phi) is 8.18. The minimum atomic E-state index is -4.77. The number of aromatic nitrogens is 1. The van der Waals surface area contributed by atoms with Gasteiger partial charge in [-0.2, -0.15) is 8.42 Å². The smallest absolute Gasteiger partial charge is 0.330 e. The molecule has 0 saturated carbocycles. The summed E-state index contributed by atoms with van der Waals surface area (Å²) >= 11 is 0. The van der Waals surface area contributed by atoms with Crippen molar-refractivity contribution in [1.29, 1.82) is 0 Å². The van der Waals surface area contributed by atoms with Crippen molar-refractivity contribution in [2.45, 2.75) is 29.5 Å². The second kappa shape index (κ2) is 10.1. The summed E-state index contributed by atoms with van der Waals surface area (Å²) in [6.07, 6.45) is 0.763. The molecule has 0 aromatic carbocycles. The van der Waals surface area contributed by atoms with Gasteiger partial charge in [0.1, 0.15) is 24.7 Å². The Morgan fingerprint density at radius 1 is 1.32 bits per heavy atom. The van der Waals surface area contributed by atoms with Gasteiger partial charge in [0.05, 0.1) is 6.42 Å². The zero-order valence-electron chi connectivity index (χ0n) is 16.5. The highest BCUT2D eigenvalue weighted by atomic mass is 33.1. The minimum absolute atomic E-state index is 0.0712. The maximum absolute atomic E-state index is 11.9. The highest BCUT2D eigenvalue weighted by Crippen LogP contribution is 2.30. The second-order valence-corrected chi connectivity index (χ2v) is 10.8. The first kappa shape index (κ1) is 25.2. The number of carbonyl (C=O) groups is 4. The lowest BCUT2D eigenvalue weighted by atomic mass is 10.2. The lowest BCUT2D eigenvalue weighted by molar-refractivity contribution is -1.00.